The van der Waals surface area contributed by atoms with Crippen molar-refractivity contribution in [3.63, 3.8) is 0 Å². The van der Waals surface area contributed by atoms with E-state index in [4.69, 9.17) is 0 Å². The Morgan fingerprint density at radius 2 is 1.82 bits per heavy atom. The van der Waals surface area contributed by atoms with E-state index in [0.29, 0.717) is 16.8 Å². The van der Waals surface area contributed by atoms with Crippen LogP contribution in [0.5, 0.6) is 0 Å². The standard InChI is InChI=1S/C28H23FN6O2S/c1-16-5-7-30-15-24(16)18-3-4-25-23(12-18)27(35-34-25)26-13-22-21(6-8-31-28(22)33-26)19-9-17(10-20(29)11-19)14-32-38(2,36)37/h3-13,15,32H,14H2,1-2H3,(H,31,33)(H,34,35). The SMILES string of the molecule is Cc1ccncc1-c1ccc2[nH]nc(-c3cc4c(-c5cc(F)cc(CNS(C)(=O)=O)c5)ccnc4[nH]3)c2c1. The maximum atomic E-state index is 14.5. The van der Waals surface area contributed by atoms with E-state index in [2.05, 4.69) is 42.9 Å². The fourth-order valence-corrected chi connectivity index (χ4v) is 5.11. The van der Waals surface area contributed by atoms with Crippen LogP contribution in [0.1, 0.15) is 11.1 Å². The second-order valence-corrected chi connectivity index (χ2v) is 11.1. The Morgan fingerprint density at radius 1 is 0.947 bits per heavy atom. The first-order valence-corrected chi connectivity index (χ1v) is 13.8. The average molecular weight is 527 g/mol. The molecular weight excluding hydrogens is 503 g/mol. The second-order valence-electron chi connectivity index (χ2n) is 9.27. The first-order chi connectivity index (χ1) is 18.2. The van der Waals surface area contributed by atoms with Crippen LogP contribution < -0.4 is 4.72 Å². The van der Waals surface area contributed by atoms with Gasteiger partial charge in [0.25, 0.3) is 0 Å². The van der Waals surface area contributed by atoms with Crippen LogP contribution in [0.3, 0.4) is 0 Å². The van der Waals surface area contributed by atoms with E-state index in [1.54, 1.807) is 18.5 Å². The van der Waals surface area contributed by atoms with Gasteiger partial charge in [-0.15, -0.1) is 0 Å². The summed E-state index contributed by atoms with van der Waals surface area (Å²) in [5.74, 6) is -0.454. The number of nitrogens with one attached hydrogen (secondary N) is 3. The van der Waals surface area contributed by atoms with Crippen molar-refractivity contribution in [2.75, 3.05) is 6.26 Å². The lowest BCUT2D eigenvalue weighted by molar-refractivity contribution is 0.586. The number of hydrogen-bond acceptors (Lipinski definition) is 5. The molecule has 0 radical (unpaired) electrons. The zero-order chi connectivity index (χ0) is 26.4. The third-order valence-electron chi connectivity index (χ3n) is 6.51. The minimum absolute atomic E-state index is 0.00575. The monoisotopic (exact) mass is 526 g/mol. The lowest BCUT2D eigenvalue weighted by Crippen LogP contribution is -2.21. The first kappa shape index (κ1) is 24.0. The number of rotatable bonds is 6. The summed E-state index contributed by atoms with van der Waals surface area (Å²) in [6, 6.07) is 16.4. The van der Waals surface area contributed by atoms with Crippen LogP contribution in [0.15, 0.2) is 73.2 Å². The highest BCUT2D eigenvalue weighted by Gasteiger charge is 2.16. The van der Waals surface area contributed by atoms with Crippen LogP contribution in [0.4, 0.5) is 4.39 Å². The van der Waals surface area contributed by atoms with Gasteiger partial charge in [0.1, 0.15) is 17.2 Å². The zero-order valence-corrected chi connectivity index (χ0v) is 21.4. The number of sulfonamides is 1. The number of H-pyrrole nitrogens is 2. The molecule has 3 N–H and O–H groups in total. The summed E-state index contributed by atoms with van der Waals surface area (Å²) < 4.78 is 40.0. The van der Waals surface area contributed by atoms with Crippen LogP contribution in [0.2, 0.25) is 0 Å². The molecular formula is C28H23FN6O2S. The van der Waals surface area contributed by atoms with Crippen molar-refractivity contribution in [1.82, 2.24) is 29.9 Å². The van der Waals surface area contributed by atoms with E-state index < -0.39 is 15.8 Å². The number of hydrogen-bond donors (Lipinski definition) is 3. The van der Waals surface area contributed by atoms with E-state index >= 15 is 0 Å². The number of nitrogens with zero attached hydrogens (tertiary/aromatic N) is 3. The number of pyridine rings is 2. The summed E-state index contributed by atoms with van der Waals surface area (Å²) in [5.41, 5.74) is 8.15. The molecule has 10 heteroatoms. The number of fused-ring (bicyclic) bond motifs is 2. The summed E-state index contributed by atoms with van der Waals surface area (Å²) in [4.78, 5) is 12.1. The van der Waals surface area contributed by atoms with Crippen molar-refractivity contribution < 1.29 is 12.8 Å². The molecule has 8 nitrogen and oxygen atoms in total. The number of benzene rings is 2. The van der Waals surface area contributed by atoms with Crippen molar-refractivity contribution in [2.24, 2.45) is 0 Å². The lowest BCUT2D eigenvalue weighted by Gasteiger charge is -2.08. The maximum Gasteiger partial charge on any atom is 0.209 e. The van der Waals surface area contributed by atoms with Crippen LogP contribution in [-0.2, 0) is 16.6 Å². The summed E-state index contributed by atoms with van der Waals surface area (Å²) >= 11 is 0. The quantitative estimate of drug-likeness (QED) is 0.271. The van der Waals surface area contributed by atoms with Gasteiger partial charge in [0.15, 0.2) is 0 Å². The molecule has 0 saturated heterocycles. The Morgan fingerprint density at radius 3 is 2.63 bits per heavy atom. The van der Waals surface area contributed by atoms with E-state index in [0.717, 1.165) is 56.2 Å². The molecule has 2 aromatic carbocycles. The van der Waals surface area contributed by atoms with Gasteiger partial charge in [-0.1, -0.05) is 6.07 Å². The van der Waals surface area contributed by atoms with Gasteiger partial charge in [-0.05, 0) is 83.3 Å². The Kier molecular flexibility index (Phi) is 5.77. The summed E-state index contributed by atoms with van der Waals surface area (Å²) in [6.07, 6.45) is 6.36. The molecule has 6 aromatic rings. The lowest BCUT2D eigenvalue weighted by atomic mass is 10.00. The van der Waals surface area contributed by atoms with Gasteiger partial charge in [0.2, 0.25) is 10.0 Å². The van der Waals surface area contributed by atoms with Gasteiger partial charge in [-0.2, -0.15) is 5.10 Å². The Labute approximate surface area is 218 Å². The molecule has 38 heavy (non-hydrogen) atoms. The highest BCUT2D eigenvalue weighted by molar-refractivity contribution is 7.88. The predicted octanol–water partition coefficient (Wildman–Crippen LogP) is 5.33. The van der Waals surface area contributed by atoms with E-state index in [9.17, 15) is 12.8 Å². The Bertz CT molecular complexity index is 1940. The normalized spacial score (nSPS) is 12.0. The molecule has 0 aliphatic carbocycles. The second kappa shape index (κ2) is 9.16. The Balaban J connectivity index is 1.44. The molecule has 0 aliphatic rings. The minimum Gasteiger partial charge on any atom is -0.338 e. The molecule has 0 saturated carbocycles. The zero-order valence-electron chi connectivity index (χ0n) is 20.6. The minimum atomic E-state index is -3.41. The van der Waals surface area contributed by atoms with Crippen molar-refractivity contribution in [3.8, 4) is 33.6 Å². The molecule has 6 rings (SSSR count). The number of aryl methyl sites for hydroxylation is 1. The van der Waals surface area contributed by atoms with Gasteiger partial charge in [-0.25, -0.2) is 22.5 Å². The Hall–Kier alpha value is -4.41. The highest BCUT2D eigenvalue weighted by Crippen LogP contribution is 2.35. The smallest absolute Gasteiger partial charge is 0.209 e. The van der Waals surface area contributed by atoms with Crippen molar-refractivity contribution in [3.05, 3.63) is 90.1 Å². The van der Waals surface area contributed by atoms with Crippen LogP contribution in [0, 0.1) is 12.7 Å². The third kappa shape index (κ3) is 4.55. The molecule has 4 heterocycles. The number of aromatic amines is 2. The fraction of sp³-hybridized carbons (Fsp3) is 0.107. The maximum absolute atomic E-state index is 14.5. The molecule has 0 amide bonds. The molecule has 4 aromatic heterocycles. The van der Waals surface area contributed by atoms with E-state index in [-0.39, 0.29) is 6.54 Å². The van der Waals surface area contributed by atoms with E-state index in [1.165, 1.54) is 12.1 Å². The van der Waals surface area contributed by atoms with E-state index in [1.807, 2.05) is 36.5 Å². The third-order valence-corrected chi connectivity index (χ3v) is 7.18. The predicted molar refractivity (Wildman–Crippen MR) is 146 cm³/mol. The molecule has 0 unspecified atom stereocenters. The molecule has 190 valence electrons. The fourth-order valence-electron chi connectivity index (χ4n) is 4.68. The average Bonchev–Trinajstić information content (AvgIpc) is 3.50. The largest absolute Gasteiger partial charge is 0.338 e. The molecule has 0 bridgehead atoms. The van der Waals surface area contributed by atoms with Crippen LogP contribution in [0.25, 0.3) is 55.6 Å². The van der Waals surface area contributed by atoms with Gasteiger partial charge in [0, 0.05) is 41.5 Å². The van der Waals surface area contributed by atoms with Gasteiger partial charge in [0.05, 0.1) is 17.5 Å². The van der Waals surface area contributed by atoms with Crippen LogP contribution >= 0.6 is 0 Å². The number of aromatic nitrogens is 5. The van der Waals surface area contributed by atoms with Gasteiger partial charge in [-0.3, -0.25) is 10.1 Å². The van der Waals surface area contributed by atoms with Crippen molar-refractivity contribution in [1.29, 1.82) is 0 Å². The van der Waals surface area contributed by atoms with Gasteiger partial charge >= 0.3 is 0 Å². The van der Waals surface area contributed by atoms with Gasteiger partial charge < -0.3 is 4.98 Å². The van der Waals surface area contributed by atoms with Crippen molar-refractivity contribution in [2.45, 2.75) is 13.5 Å². The van der Waals surface area contributed by atoms with Crippen LogP contribution in [-0.4, -0.2) is 39.8 Å². The topological polar surface area (TPSA) is 116 Å². The molecule has 0 fully saturated rings. The van der Waals surface area contributed by atoms with Crippen molar-refractivity contribution >= 4 is 32.0 Å². The molecule has 0 atom stereocenters. The summed E-state index contributed by atoms with van der Waals surface area (Å²) in [7, 11) is -3.41. The first-order valence-electron chi connectivity index (χ1n) is 11.9. The summed E-state index contributed by atoms with van der Waals surface area (Å²) in [5, 5.41) is 9.41. The number of halogens is 1. The molecule has 0 spiro atoms. The molecule has 0 aliphatic heterocycles. The highest BCUT2D eigenvalue weighted by atomic mass is 32.2. The summed E-state index contributed by atoms with van der Waals surface area (Å²) in [6.45, 7) is 2.05.